The Bertz CT molecular complexity index is 407. The molecule has 0 heterocycles. The molecule has 0 unspecified atom stereocenters. The van der Waals surface area contributed by atoms with Crippen LogP contribution in [0.4, 0.5) is 10.1 Å². The number of rotatable bonds is 7. The van der Waals surface area contributed by atoms with Crippen LogP contribution in [0.25, 0.3) is 0 Å². The zero-order valence-electron chi connectivity index (χ0n) is 10.6. The third kappa shape index (κ3) is 4.71. The summed E-state index contributed by atoms with van der Waals surface area (Å²) in [5.41, 5.74) is 0.224. The van der Waals surface area contributed by atoms with E-state index >= 15 is 0 Å². The number of hydrogen-bond acceptors (Lipinski definition) is 3. The van der Waals surface area contributed by atoms with Gasteiger partial charge in [-0.3, -0.25) is 0 Å². The number of aromatic carboxylic acids is 1. The molecular weight excluding hydrogens is 237 g/mol. The number of carboxylic acid groups (broad SMARTS) is 1. The normalized spacial score (nSPS) is 10.7. The van der Waals surface area contributed by atoms with E-state index in [0.717, 1.165) is 6.07 Å². The lowest BCUT2D eigenvalue weighted by atomic mass is 10.2. The van der Waals surface area contributed by atoms with Crippen LogP contribution < -0.4 is 5.32 Å². The van der Waals surface area contributed by atoms with Crippen molar-refractivity contribution in [1.82, 2.24) is 0 Å². The number of carboxylic acids is 1. The van der Waals surface area contributed by atoms with Crippen molar-refractivity contribution in [1.29, 1.82) is 0 Å². The van der Waals surface area contributed by atoms with Crippen molar-refractivity contribution in [2.45, 2.75) is 13.8 Å². The van der Waals surface area contributed by atoms with Gasteiger partial charge in [0.2, 0.25) is 0 Å². The fourth-order valence-electron chi connectivity index (χ4n) is 1.37. The van der Waals surface area contributed by atoms with Crippen LogP contribution in [0.1, 0.15) is 24.2 Å². The lowest BCUT2D eigenvalue weighted by molar-refractivity contribution is 0.0696. The Hall–Kier alpha value is -1.62. The topological polar surface area (TPSA) is 58.6 Å². The minimum absolute atomic E-state index is 0.0610. The zero-order valence-corrected chi connectivity index (χ0v) is 10.6. The molecule has 0 saturated carbocycles. The number of carbonyl (C=O) groups is 1. The molecule has 0 fully saturated rings. The predicted molar refractivity (Wildman–Crippen MR) is 67.5 cm³/mol. The highest BCUT2D eigenvalue weighted by Gasteiger charge is 2.07. The van der Waals surface area contributed by atoms with Gasteiger partial charge in [-0.05, 0) is 24.1 Å². The molecule has 4 nitrogen and oxygen atoms in total. The smallest absolute Gasteiger partial charge is 0.335 e. The first-order valence-electron chi connectivity index (χ1n) is 5.85. The van der Waals surface area contributed by atoms with E-state index in [1.54, 1.807) is 0 Å². The number of benzene rings is 1. The van der Waals surface area contributed by atoms with Crippen LogP contribution in [0.5, 0.6) is 0 Å². The summed E-state index contributed by atoms with van der Waals surface area (Å²) in [5, 5.41) is 11.6. The Morgan fingerprint density at radius 3 is 2.78 bits per heavy atom. The summed E-state index contributed by atoms with van der Waals surface area (Å²) in [4.78, 5) is 10.6. The van der Waals surface area contributed by atoms with Gasteiger partial charge in [-0.15, -0.1) is 0 Å². The monoisotopic (exact) mass is 255 g/mol. The molecule has 1 rings (SSSR count). The molecule has 0 aliphatic rings. The van der Waals surface area contributed by atoms with Gasteiger partial charge in [0.1, 0.15) is 5.82 Å². The summed E-state index contributed by atoms with van der Waals surface area (Å²) >= 11 is 0. The maximum absolute atomic E-state index is 13.5. The van der Waals surface area contributed by atoms with Gasteiger partial charge < -0.3 is 15.2 Å². The molecule has 0 bridgehead atoms. The zero-order chi connectivity index (χ0) is 13.5. The molecule has 1 aromatic carbocycles. The minimum atomic E-state index is -1.14. The number of nitrogens with one attached hydrogen (secondary N) is 1. The van der Waals surface area contributed by atoms with Crippen molar-refractivity contribution in [2.24, 2.45) is 5.92 Å². The second-order valence-electron chi connectivity index (χ2n) is 4.40. The molecule has 2 N–H and O–H groups in total. The van der Waals surface area contributed by atoms with Gasteiger partial charge >= 0.3 is 5.97 Å². The van der Waals surface area contributed by atoms with Crippen molar-refractivity contribution in [3.05, 3.63) is 29.6 Å². The van der Waals surface area contributed by atoms with Crippen LogP contribution in [-0.2, 0) is 4.74 Å². The first-order chi connectivity index (χ1) is 8.50. The van der Waals surface area contributed by atoms with Gasteiger partial charge in [0.05, 0.1) is 17.9 Å². The van der Waals surface area contributed by atoms with E-state index in [4.69, 9.17) is 9.84 Å². The second-order valence-corrected chi connectivity index (χ2v) is 4.40. The van der Waals surface area contributed by atoms with Crippen molar-refractivity contribution >= 4 is 11.7 Å². The van der Waals surface area contributed by atoms with Gasteiger partial charge in [-0.1, -0.05) is 13.8 Å². The maximum atomic E-state index is 13.5. The van der Waals surface area contributed by atoms with Crippen molar-refractivity contribution in [2.75, 3.05) is 25.1 Å². The Morgan fingerprint density at radius 1 is 1.50 bits per heavy atom. The molecule has 0 atom stereocenters. The predicted octanol–water partition coefficient (Wildman–Crippen LogP) is 2.61. The molecular formula is C13H18FNO3. The van der Waals surface area contributed by atoms with Crippen LogP contribution in [0, 0.1) is 11.7 Å². The van der Waals surface area contributed by atoms with Crippen LogP contribution >= 0.6 is 0 Å². The third-order valence-corrected chi connectivity index (χ3v) is 2.23. The summed E-state index contributed by atoms with van der Waals surface area (Å²) < 4.78 is 18.8. The molecule has 1 aromatic rings. The minimum Gasteiger partial charge on any atom is -0.478 e. The van der Waals surface area contributed by atoms with Crippen LogP contribution in [0.2, 0.25) is 0 Å². The summed E-state index contributed by atoms with van der Waals surface area (Å²) in [7, 11) is 0. The van der Waals surface area contributed by atoms with Crippen LogP contribution in [-0.4, -0.2) is 30.8 Å². The third-order valence-electron chi connectivity index (χ3n) is 2.23. The molecule has 0 amide bonds. The molecule has 0 aromatic heterocycles. The SMILES string of the molecule is CC(C)COCCNc1ccc(C(=O)O)cc1F. The fraction of sp³-hybridized carbons (Fsp3) is 0.462. The summed E-state index contributed by atoms with van der Waals surface area (Å²) in [6.07, 6.45) is 0. The maximum Gasteiger partial charge on any atom is 0.335 e. The molecule has 18 heavy (non-hydrogen) atoms. The molecule has 0 radical (unpaired) electrons. The standard InChI is InChI=1S/C13H18FNO3/c1-9(2)8-18-6-5-15-12-4-3-10(13(16)17)7-11(12)14/h3-4,7,9,15H,5-6,8H2,1-2H3,(H,16,17). The van der Waals surface area contributed by atoms with Crippen LogP contribution in [0.3, 0.4) is 0 Å². The molecule has 0 aliphatic carbocycles. The van der Waals surface area contributed by atoms with E-state index in [2.05, 4.69) is 19.2 Å². The number of hydrogen-bond donors (Lipinski definition) is 2. The van der Waals surface area contributed by atoms with E-state index in [1.807, 2.05) is 0 Å². The fourth-order valence-corrected chi connectivity index (χ4v) is 1.37. The van der Waals surface area contributed by atoms with Gasteiger partial charge in [-0.25, -0.2) is 9.18 Å². The van der Waals surface area contributed by atoms with E-state index in [9.17, 15) is 9.18 Å². The Labute approximate surface area is 106 Å². The Morgan fingerprint density at radius 2 is 2.22 bits per heavy atom. The first-order valence-corrected chi connectivity index (χ1v) is 5.85. The van der Waals surface area contributed by atoms with E-state index in [1.165, 1.54) is 12.1 Å². The quantitative estimate of drug-likeness (QED) is 0.735. The van der Waals surface area contributed by atoms with E-state index in [0.29, 0.717) is 25.7 Å². The number of halogens is 1. The summed E-state index contributed by atoms with van der Waals surface area (Å²) in [6, 6.07) is 3.78. The highest BCUT2D eigenvalue weighted by Crippen LogP contribution is 2.15. The highest BCUT2D eigenvalue weighted by molar-refractivity contribution is 5.88. The van der Waals surface area contributed by atoms with Gasteiger partial charge in [0.15, 0.2) is 0 Å². The van der Waals surface area contributed by atoms with Crippen molar-refractivity contribution in [3.8, 4) is 0 Å². The molecule has 0 spiro atoms. The van der Waals surface area contributed by atoms with Crippen molar-refractivity contribution < 1.29 is 19.0 Å². The molecule has 0 saturated heterocycles. The Balaban J connectivity index is 2.41. The highest BCUT2D eigenvalue weighted by atomic mass is 19.1. The van der Waals surface area contributed by atoms with Gasteiger partial charge in [0, 0.05) is 13.2 Å². The lowest BCUT2D eigenvalue weighted by Gasteiger charge is -2.10. The van der Waals surface area contributed by atoms with Gasteiger partial charge in [-0.2, -0.15) is 0 Å². The number of ether oxygens (including phenoxy) is 1. The van der Waals surface area contributed by atoms with E-state index in [-0.39, 0.29) is 11.3 Å². The Kier molecular flexibility index (Phi) is 5.58. The van der Waals surface area contributed by atoms with Crippen molar-refractivity contribution in [3.63, 3.8) is 0 Å². The molecule has 100 valence electrons. The molecule has 5 heteroatoms. The average molecular weight is 255 g/mol. The summed E-state index contributed by atoms with van der Waals surface area (Å²) in [6.45, 7) is 5.74. The second kappa shape index (κ2) is 6.96. The largest absolute Gasteiger partial charge is 0.478 e. The van der Waals surface area contributed by atoms with E-state index < -0.39 is 11.8 Å². The number of anilines is 1. The first kappa shape index (κ1) is 14.4. The van der Waals surface area contributed by atoms with Crippen LogP contribution in [0.15, 0.2) is 18.2 Å². The average Bonchev–Trinajstić information content (AvgIpc) is 2.29. The van der Waals surface area contributed by atoms with Gasteiger partial charge in [0.25, 0.3) is 0 Å². The molecule has 0 aliphatic heterocycles. The summed E-state index contributed by atoms with van der Waals surface area (Å²) in [5.74, 6) is -1.24. The lowest BCUT2D eigenvalue weighted by Crippen LogP contribution is -2.13.